The first-order chi connectivity index (χ1) is 28.3. The predicted molar refractivity (Wildman–Crippen MR) is 219 cm³/mol. The van der Waals surface area contributed by atoms with Crippen LogP contribution in [0.25, 0.3) is 11.0 Å². The van der Waals surface area contributed by atoms with Crippen molar-refractivity contribution in [1.82, 2.24) is 4.98 Å². The SMILES string of the molecule is C=CC(=O)Nc1cc(N2CCOCC2)ccc1N(C(=O)OC(C)(C)C)c1cc2c(N(CCOC)C(=O)OC(C)(C)C)c(C(=O)c3c(F)c(OC)cc(OC)c3F)oc2cn1. The minimum atomic E-state index is -1.36. The standard InChI is InChI=1S/C42H49F2N5O11/c1-11-32(50)46-26-20-24(47-14-18-57-19-15-47)12-13-27(26)49(40(53)60-42(5,6)7)31-21-25-30(23-45-31)58-38(36(25)48(16-17-54-8)39(52)59-41(2,3)4)37(51)33-34(43)28(55-9)22-29(56-10)35(33)44/h11-13,20-23H,1,14-19H2,2-10H3,(H,46,50). The summed E-state index contributed by atoms with van der Waals surface area (Å²) < 4.78 is 70.4. The van der Waals surface area contributed by atoms with E-state index in [1.54, 1.807) is 59.7 Å². The van der Waals surface area contributed by atoms with Crippen LogP contribution < -0.4 is 29.5 Å². The second-order valence-electron chi connectivity index (χ2n) is 15.4. The Bertz CT molecular complexity index is 2250. The smallest absolute Gasteiger partial charge is 0.420 e. The van der Waals surface area contributed by atoms with E-state index in [0.717, 1.165) is 42.4 Å². The Balaban J connectivity index is 1.83. The average molecular weight is 838 g/mol. The molecule has 1 saturated heterocycles. The van der Waals surface area contributed by atoms with Crippen LogP contribution in [0, 0.1) is 11.6 Å². The second-order valence-corrected chi connectivity index (χ2v) is 15.4. The van der Waals surface area contributed by atoms with Gasteiger partial charge in [-0.25, -0.2) is 28.3 Å². The van der Waals surface area contributed by atoms with Crippen molar-refractivity contribution in [1.29, 1.82) is 0 Å². The first kappa shape index (κ1) is 44.8. The largest absolute Gasteiger partial charge is 0.494 e. The number of nitrogens with zero attached hydrogens (tertiary/aromatic N) is 4. The van der Waals surface area contributed by atoms with Crippen LogP contribution in [-0.4, -0.2) is 101 Å². The average Bonchev–Trinajstić information content (AvgIpc) is 3.56. The maximum absolute atomic E-state index is 15.9. The van der Waals surface area contributed by atoms with E-state index in [9.17, 15) is 19.2 Å². The molecule has 0 spiro atoms. The van der Waals surface area contributed by atoms with Crippen LogP contribution in [0.2, 0.25) is 0 Å². The lowest BCUT2D eigenvalue weighted by atomic mass is 10.0. The lowest BCUT2D eigenvalue weighted by Crippen LogP contribution is -2.39. The lowest BCUT2D eigenvalue weighted by molar-refractivity contribution is -0.111. The van der Waals surface area contributed by atoms with Crippen molar-refractivity contribution in [3.8, 4) is 11.5 Å². The van der Waals surface area contributed by atoms with E-state index in [0.29, 0.717) is 32.0 Å². The van der Waals surface area contributed by atoms with Crippen molar-refractivity contribution in [2.24, 2.45) is 0 Å². The molecule has 0 unspecified atom stereocenters. The molecule has 0 radical (unpaired) electrons. The molecule has 1 N–H and O–H groups in total. The molecule has 16 nitrogen and oxygen atoms in total. The van der Waals surface area contributed by atoms with E-state index in [4.69, 9.17) is 32.8 Å². The number of aromatic nitrogens is 1. The monoisotopic (exact) mass is 837 g/mol. The summed E-state index contributed by atoms with van der Waals surface area (Å²) in [4.78, 5) is 64.4. The number of furan rings is 1. The molecule has 60 heavy (non-hydrogen) atoms. The van der Waals surface area contributed by atoms with Gasteiger partial charge >= 0.3 is 12.2 Å². The topological polar surface area (TPSA) is 171 Å². The zero-order valence-electron chi connectivity index (χ0n) is 35.0. The Morgan fingerprint density at radius 1 is 0.917 bits per heavy atom. The molecule has 322 valence electrons. The minimum absolute atomic E-state index is 0.0174. The molecule has 4 aromatic rings. The predicted octanol–water partition coefficient (Wildman–Crippen LogP) is 7.78. The number of ether oxygens (including phenoxy) is 6. The highest BCUT2D eigenvalue weighted by atomic mass is 19.1. The van der Waals surface area contributed by atoms with Gasteiger partial charge in [0.05, 0.1) is 63.5 Å². The summed E-state index contributed by atoms with van der Waals surface area (Å²) in [5, 5.41) is 2.75. The number of rotatable bonds is 13. The number of hydrogen-bond acceptors (Lipinski definition) is 13. The number of halogens is 2. The van der Waals surface area contributed by atoms with E-state index in [1.165, 1.54) is 13.2 Å². The molecule has 18 heteroatoms. The number of carbonyl (C=O) groups is 4. The van der Waals surface area contributed by atoms with Crippen molar-refractivity contribution in [2.45, 2.75) is 52.7 Å². The molecule has 2 aromatic heterocycles. The number of fused-ring (bicyclic) bond motifs is 1. The Morgan fingerprint density at radius 2 is 1.53 bits per heavy atom. The Hall–Kier alpha value is -6.27. The van der Waals surface area contributed by atoms with Crippen LogP contribution in [-0.2, 0) is 23.7 Å². The molecule has 1 aliphatic heterocycles. The van der Waals surface area contributed by atoms with Gasteiger partial charge in [0.1, 0.15) is 28.3 Å². The molecule has 5 rings (SSSR count). The fraction of sp³-hybridized carbons (Fsp3) is 0.405. The fourth-order valence-electron chi connectivity index (χ4n) is 6.16. The molecule has 0 atom stereocenters. The number of pyridine rings is 1. The van der Waals surface area contributed by atoms with Gasteiger partial charge in [-0.2, -0.15) is 0 Å². The summed E-state index contributed by atoms with van der Waals surface area (Å²) in [6.45, 7) is 15.2. The van der Waals surface area contributed by atoms with Crippen molar-refractivity contribution in [3.63, 3.8) is 0 Å². The molecular formula is C42H49F2N5O11. The maximum Gasteiger partial charge on any atom is 0.420 e. The molecule has 0 saturated carbocycles. The number of morpholine rings is 1. The minimum Gasteiger partial charge on any atom is -0.494 e. The fourth-order valence-corrected chi connectivity index (χ4v) is 6.16. The summed E-state index contributed by atoms with van der Waals surface area (Å²) in [5.74, 6) is -6.49. The maximum atomic E-state index is 15.9. The van der Waals surface area contributed by atoms with Crippen molar-refractivity contribution < 1.29 is 60.8 Å². The number of anilines is 5. The van der Waals surface area contributed by atoms with E-state index in [2.05, 4.69) is 16.9 Å². The molecule has 1 aliphatic rings. The third-order valence-electron chi connectivity index (χ3n) is 8.79. The molecular weight excluding hydrogens is 788 g/mol. The Morgan fingerprint density at radius 3 is 2.10 bits per heavy atom. The lowest BCUT2D eigenvalue weighted by Gasteiger charge is -2.31. The summed E-state index contributed by atoms with van der Waals surface area (Å²) in [6.07, 6.45) is 0.323. The number of amides is 3. The zero-order chi connectivity index (χ0) is 44.1. The van der Waals surface area contributed by atoms with Gasteiger partial charge in [-0.3, -0.25) is 14.5 Å². The van der Waals surface area contributed by atoms with Crippen LogP contribution >= 0.6 is 0 Å². The first-order valence-electron chi connectivity index (χ1n) is 18.8. The molecule has 0 aliphatic carbocycles. The van der Waals surface area contributed by atoms with Crippen LogP contribution in [0.15, 0.2) is 53.6 Å². The molecule has 3 amide bonds. The van der Waals surface area contributed by atoms with Crippen LogP contribution in [0.4, 0.5) is 46.9 Å². The van der Waals surface area contributed by atoms with Gasteiger partial charge in [0.2, 0.25) is 11.7 Å². The van der Waals surface area contributed by atoms with Crippen molar-refractivity contribution in [2.75, 3.05) is 80.8 Å². The number of ketones is 1. The normalized spacial score (nSPS) is 13.1. The van der Waals surface area contributed by atoms with Crippen LogP contribution in [0.5, 0.6) is 11.5 Å². The Labute approximate surface area is 345 Å². The van der Waals surface area contributed by atoms with Gasteiger partial charge in [0, 0.05) is 32.0 Å². The highest BCUT2D eigenvalue weighted by Crippen LogP contribution is 2.43. The second kappa shape index (κ2) is 18.3. The van der Waals surface area contributed by atoms with Crippen molar-refractivity contribution in [3.05, 3.63) is 72.1 Å². The van der Waals surface area contributed by atoms with Gasteiger partial charge in [-0.15, -0.1) is 0 Å². The Kier molecular flexibility index (Phi) is 13.7. The van der Waals surface area contributed by atoms with Gasteiger partial charge in [-0.05, 0) is 71.9 Å². The van der Waals surface area contributed by atoms with Gasteiger partial charge in [0.15, 0.2) is 34.5 Å². The third kappa shape index (κ3) is 9.94. The molecule has 0 bridgehead atoms. The number of nitrogens with one attached hydrogen (secondary N) is 1. The van der Waals surface area contributed by atoms with Gasteiger partial charge in [0.25, 0.3) is 0 Å². The summed E-state index contributed by atoms with van der Waals surface area (Å²) in [6, 6.07) is 7.29. The highest BCUT2D eigenvalue weighted by Gasteiger charge is 2.37. The number of carbonyl (C=O) groups excluding carboxylic acids is 4. The number of methoxy groups -OCH3 is 3. The summed E-state index contributed by atoms with van der Waals surface area (Å²) in [5.41, 5.74) is -2.61. The molecule has 1 fully saturated rings. The zero-order valence-corrected chi connectivity index (χ0v) is 35.0. The molecule has 2 aromatic carbocycles. The molecule has 3 heterocycles. The van der Waals surface area contributed by atoms with E-state index < -0.39 is 69.5 Å². The first-order valence-corrected chi connectivity index (χ1v) is 18.8. The van der Waals surface area contributed by atoms with Crippen molar-refractivity contribution >= 4 is 63.4 Å². The summed E-state index contributed by atoms with van der Waals surface area (Å²) in [7, 11) is 3.63. The summed E-state index contributed by atoms with van der Waals surface area (Å²) >= 11 is 0. The quantitative estimate of drug-likeness (QED) is 0.102. The van der Waals surface area contributed by atoms with E-state index >= 15 is 8.78 Å². The third-order valence-corrected chi connectivity index (χ3v) is 8.79. The number of benzene rings is 2. The van der Waals surface area contributed by atoms with Crippen LogP contribution in [0.1, 0.15) is 57.7 Å². The van der Waals surface area contributed by atoms with Crippen LogP contribution in [0.3, 0.4) is 0 Å². The van der Waals surface area contributed by atoms with Gasteiger partial charge < -0.3 is 43.1 Å². The highest BCUT2D eigenvalue weighted by molar-refractivity contribution is 6.18. The van der Waals surface area contributed by atoms with E-state index in [1.807, 2.05) is 4.90 Å². The van der Waals surface area contributed by atoms with Gasteiger partial charge in [-0.1, -0.05) is 6.58 Å². The van der Waals surface area contributed by atoms with E-state index in [-0.39, 0.29) is 47.0 Å². The number of hydrogen-bond donors (Lipinski definition) is 1.